The van der Waals surface area contributed by atoms with Crippen LogP contribution in [0.25, 0.3) is 16.6 Å². The minimum atomic E-state index is 0.312. The fraction of sp³-hybridized carbons (Fsp3) is 0.100. The Kier molecular flexibility index (Phi) is 1.94. The van der Waals surface area contributed by atoms with E-state index in [4.69, 9.17) is 5.73 Å². The minimum Gasteiger partial charge on any atom is -0.359 e. The number of rotatable bonds is 2. The molecule has 0 fully saturated rings. The molecule has 0 unspecified atom stereocenters. The van der Waals surface area contributed by atoms with Gasteiger partial charge < -0.3 is 10.7 Å². The molecule has 6 heteroatoms. The molecule has 0 amide bonds. The molecule has 16 heavy (non-hydrogen) atoms. The van der Waals surface area contributed by atoms with Crippen LogP contribution < -0.4 is 5.73 Å². The third-order valence-electron chi connectivity index (χ3n) is 2.51. The van der Waals surface area contributed by atoms with Crippen molar-refractivity contribution >= 4 is 10.9 Å². The number of aromatic amines is 1. The van der Waals surface area contributed by atoms with Crippen molar-refractivity contribution in [1.29, 1.82) is 0 Å². The molecular weight excluding hydrogens is 204 g/mol. The zero-order valence-electron chi connectivity index (χ0n) is 8.46. The molecule has 3 aromatic rings. The minimum absolute atomic E-state index is 0.312. The summed E-state index contributed by atoms with van der Waals surface area (Å²) in [5, 5.41) is 12.5. The summed E-state index contributed by atoms with van der Waals surface area (Å²) >= 11 is 0. The van der Waals surface area contributed by atoms with Crippen LogP contribution in [0.4, 0.5) is 0 Å². The molecule has 1 aromatic carbocycles. The van der Waals surface area contributed by atoms with Gasteiger partial charge in [0.1, 0.15) is 0 Å². The normalized spacial score (nSPS) is 11.1. The van der Waals surface area contributed by atoms with Crippen molar-refractivity contribution in [1.82, 2.24) is 25.2 Å². The Morgan fingerprint density at radius 1 is 1.31 bits per heavy atom. The number of nitrogens with one attached hydrogen (secondary N) is 1. The molecule has 0 radical (unpaired) electrons. The standard InChI is InChI=1S/C10H10N6/c11-5-10-13-14-15-16(10)9-6-12-8-4-2-1-3-7(8)9/h1-4,6,12H,5,11H2. The number of nitrogens with two attached hydrogens (primary N) is 1. The number of hydrogen-bond donors (Lipinski definition) is 2. The molecule has 0 atom stereocenters. The maximum Gasteiger partial charge on any atom is 0.170 e. The highest BCUT2D eigenvalue weighted by Crippen LogP contribution is 2.21. The highest BCUT2D eigenvalue weighted by molar-refractivity contribution is 5.87. The van der Waals surface area contributed by atoms with Gasteiger partial charge in [-0.15, -0.1) is 5.10 Å². The van der Waals surface area contributed by atoms with Crippen molar-refractivity contribution in [3.05, 3.63) is 36.3 Å². The Morgan fingerprint density at radius 2 is 2.19 bits per heavy atom. The molecule has 3 rings (SSSR count). The summed E-state index contributed by atoms with van der Waals surface area (Å²) < 4.78 is 1.65. The van der Waals surface area contributed by atoms with E-state index in [1.165, 1.54) is 0 Å². The molecule has 2 aromatic heterocycles. The molecule has 6 nitrogen and oxygen atoms in total. The van der Waals surface area contributed by atoms with Gasteiger partial charge in [0.25, 0.3) is 0 Å². The fourth-order valence-electron chi connectivity index (χ4n) is 1.75. The Balaban J connectivity index is 2.26. The fourth-order valence-corrected chi connectivity index (χ4v) is 1.75. The first kappa shape index (κ1) is 9.05. The molecule has 3 N–H and O–H groups in total. The van der Waals surface area contributed by atoms with E-state index in [0.717, 1.165) is 16.6 Å². The van der Waals surface area contributed by atoms with Crippen LogP contribution in [0.2, 0.25) is 0 Å². The van der Waals surface area contributed by atoms with Gasteiger partial charge in [-0.3, -0.25) is 0 Å². The van der Waals surface area contributed by atoms with Gasteiger partial charge in [0.2, 0.25) is 0 Å². The van der Waals surface area contributed by atoms with Crippen molar-refractivity contribution in [2.24, 2.45) is 5.73 Å². The third-order valence-corrected chi connectivity index (χ3v) is 2.51. The first-order valence-corrected chi connectivity index (χ1v) is 4.94. The van der Waals surface area contributed by atoms with E-state index in [9.17, 15) is 0 Å². The van der Waals surface area contributed by atoms with Crippen LogP contribution in [0.1, 0.15) is 5.82 Å². The number of fused-ring (bicyclic) bond motifs is 1. The SMILES string of the molecule is NCc1nnnn1-c1c[nH]c2ccccc12. The van der Waals surface area contributed by atoms with Crippen LogP contribution in [0.5, 0.6) is 0 Å². The lowest BCUT2D eigenvalue weighted by atomic mass is 10.2. The van der Waals surface area contributed by atoms with E-state index in [0.29, 0.717) is 12.4 Å². The number of benzene rings is 1. The molecule has 0 spiro atoms. The first-order valence-electron chi connectivity index (χ1n) is 4.94. The largest absolute Gasteiger partial charge is 0.359 e. The summed E-state index contributed by atoms with van der Waals surface area (Å²) in [7, 11) is 0. The number of hydrogen-bond acceptors (Lipinski definition) is 4. The van der Waals surface area contributed by atoms with E-state index in [2.05, 4.69) is 20.5 Å². The zero-order valence-corrected chi connectivity index (χ0v) is 8.46. The second-order valence-electron chi connectivity index (χ2n) is 3.43. The van der Waals surface area contributed by atoms with Crippen molar-refractivity contribution in [3.8, 4) is 5.69 Å². The van der Waals surface area contributed by atoms with E-state index in [1.54, 1.807) is 4.68 Å². The van der Waals surface area contributed by atoms with E-state index in [1.807, 2.05) is 30.5 Å². The molecule has 0 aliphatic heterocycles. The molecular formula is C10H10N6. The third kappa shape index (κ3) is 1.20. The Hall–Kier alpha value is -2.21. The monoisotopic (exact) mass is 214 g/mol. The highest BCUT2D eigenvalue weighted by Gasteiger charge is 2.10. The molecule has 0 saturated heterocycles. The molecule has 0 aliphatic carbocycles. The summed E-state index contributed by atoms with van der Waals surface area (Å²) in [6, 6.07) is 7.98. The van der Waals surface area contributed by atoms with Gasteiger partial charge in [-0.05, 0) is 16.5 Å². The molecule has 2 heterocycles. The summed E-state index contributed by atoms with van der Waals surface area (Å²) in [6.07, 6.45) is 1.88. The van der Waals surface area contributed by atoms with Crippen LogP contribution >= 0.6 is 0 Å². The van der Waals surface area contributed by atoms with Crippen molar-refractivity contribution in [2.45, 2.75) is 6.54 Å². The van der Waals surface area contributed by atoms with Gasteiger partial charge in [-0.1, -0.05) is 18.2 Å². The van der Waals surface area contributed by atoms with Crippen molar-refractivity contribution < 1.29 is 0 Å². The molecule has 0 bridgehead atoms. The highest BCUT2D eigenvalue weighted by atomic mass is 15.5. The van der Waals surface area contributed by atoms with E-state index < -0.39 is 0 Å². The Bertz CT molecular complexity index is 623. The summed E-state index contributed by atoms with van der Waals surface area (Å²) in [6.45, 7) is 0.312. The smallest absolute Gasteiger partial charge is 0.170 e. The van der Waals surface area contributed by atoms with E-state index in [-0.39, 0.29) is 0 Å². The second kappa shape index (κ2) is 3.42. The first-order chi connectivity index (χ1) is 7.90. The maximum absolute atomic E-state index is 5.57. The van der Waals surface area contributed by atoms with Gasteiger partial charge >= 0.3 is 0 Å². The summed E-state index contributed by atoms with van der Waals surface area (Å²) in [4.78, 5) is 3.17. The topological polar surface area (TPSA) is 85.4 Å². The van der Waals surface area contributed by atoms with Crippen LogP contribution in [-0.4, -0.2) is 25.2 Å². The van der Waals surface area contributed by atoms with Gasteiger partial charge in [-0.25, -0.2) is 0 Å². The Morgan fingerprint density at radius 3 is 3.06 bits per heavy atom. The second-order valence-corrected chi connectivity index (χ2v) is 3.43. The zero-order chi connectivity index (χ0) is 11.0. The summed E-state index contributed by atoms with van der Waals surface area (Å²) in [5.74, 6) is 0.643. The van der Waals surface area contributed by atoms with Crippen LogP contribution in [0, 0.1) is 0 Å². The summed E-state index contributed by atoms with van der Waals surface area (Å²) in [5.41, 5.74) is 7.54. The molecule has 0 saturated carbocycles. The predicted octanol–water partition coefficient (Wildman–Crippen LogP) is 0.602. The number of aromatic nitrogens is 5. The van der Waals surface area contributed by atoms with Gasteiger partial charge in [-0.2, -0.15) is 4.68 Å². The van der Waals surface area contributed by atoms with Crippen LogP contribution in [0.15, 0.2) is 30.5 Å². The lowest BCUT2D eigenvalue weighted by Gasteiger charge is -1.99. The predicted molar refractivity (Wildman–Crippen MR) is 58.9 cm³/mol. The number of H-pyrrole nitrogens is 1. The number of para-hydroxylation sites is 1. The molecule has 80 valence electrons. The number of tetrazole rings is 1. The van der Waals surface area contributed by atoms with Crippen molar-refractivity contribution in [2.75, 3.05) is 0 Å². The quantitative estimate of drug-likeness (QED) is 0.654. The average Bonchev–Trinajstić information content (AvgIpc) is 2.94. The van der Waals surface area contributed by atoms with Crippen LogP contribution in [0.3, 0.4) is 0 Å². The van der Waals surface area contributed by atoms with Gasteiger partial charge in [0, 0.05) is 17.1 Å². The lowest BCUT2D eigenvalue weighted by molar-refractivity contribution is 0.765. The molecule has 0 aliphatic rings. The van der Waals surface area contributed by atoms with Crippen LogP contribution in [-0.2, 0) is 6.54 Å². The lowest BCUT2D eigenvalue weighted by Crippen LogP contribution is -2.07. The van der Waals surface area contributed by atoms with E-state index >= 15 is 0 Å². The van der Waals surface area contributed by atoms with Gasteiger partial charge in [0.15, 0.2) is 5.82 Å². The Labute approximate surface area is 91.1 Å². The van der Waals surface area contributed by atoms with Gasteiger partial charge in [0.05, 0.1) is 12.2 Å². The average molecular weight is 214 g/mol. The number of nitrogens with zero attached hydrogens (tertiary/aromatic N) is 4. The van der Waals surface area contributed by atoms with Crippen molar-refractivity contribution in [3.63, 3.8) is 0 Å². The maximum atomic E-state index is 5.57.